The van der Waals surface area contributed by atoms with Gasteiger partial charge in [-0.3, -0.25) is 0 Å². The Morgan fingerprint density at radius 3 is 2.63 bits per heavy atom. The van der Waals surface area contributed by atoms with E-state index in [-0.39, 0.29) is 12.3 Å². The summed E-state index contributed by atoms with van der Waals surface area (Å²) in [6.45, 7) is 4.48. The van der Waals surface area contributed by atoms with Crippen molar-refractivity contribution in [1.82, 2.24) is 25.0 Å². The Kier molecular flexibility index (Phi) is 4.23. The molecule has 0 unspecified atom stereocenters. The van der Waals surface area contributed by atoms with Crippen molar-refractivity contribution >= 4 is 17.0 Å². The molecule has 2 aromatic rings. The van der Waals surface area contributed by atoms with E-state index in [4.69, 9.17) is 9.47 Å². The van der Waals surface area contributed by atoms with E-state index in [0.29, 0.717) is 23.5 Å². The summed E-state index contributed by atoms with van der Waals surface area (Å²) in [4.78, 5) is 8.39. The molecule has 0 bridgehead atoms. The standard InChI is InChI=1S/C11H18N6O2/c1-7(2)14-10-9-11(13-6-12-10)17(16-15-9)5-8(18-3)19-4/h6-8H,5H2,1-4H3,(H,12,13,14). The Bertz CT molecular complexity index is 537. The van der Waals surface area contributed by atoms with E-state index >= 15 is 0 Å². The molecule has 1 N–H and O–H groups in total. The number of nitrogens with one attached hydrogen (secondary N) is 1. The second-order valence-corrected chi connectivity index (χ2v) is 4.37. The summed E-state index contributed by atoms with van der Waals surface area (Å²) >= 11 is 0. The van der Waals surface area contributed by atoms with E-state index in [9.17, 15) is 0 Å². The quantitative estimate of drug-likeness (QED) is 0.768. The second kappa shape index (κ2) is 5.89. The number of ether oxygens (including phenoxy) is 2. The third-order valence-corrected chi connectivity index (χ3v) is 2.57. The third kappa shape index (κ3) is 2.96. The average molecular weight is 266 g/mol. The molecule has 2 rings (SSSR count). The minimum absolute atomic E-state index is 0.258. The van der Waals surface area contributed by atoms with Gasteiger partial charge in [0.1, 0.15) is 6.33 Å². The third-order valence-electron chi connectivity index (χ3n) is 2.57. The smallest absolute Gasteiger partial charge is 0.184 e. The van der Waals surface area contributed by atoms with Crippen LogP contribution in [0.5, 0.6) is 0 Å². The topological polar surface area (TPSA) is 87.0 Å². The zero-order valence-corrected chi connectivity index (χ0v) is 11.5. The highest BCUT2D eigenvalue weighted by Crippen LogP contribution is 2.17. The highest BCUT2D eigenvalue weighted by atomic mass is 16.7. The van der Waals surface area contributed by atoms with E-state index in [0.717, 1.165) is 0 Å². The number of hydrogen-bond donors (Lipinski definition) is 1. The zero-order chi connectivity index (χ0) is 13.8. The largest absolute Gasteiger partial charge is 0.366 e. The van der Waals surface area contributed by atoms with Crippen molar-refractivity contribution in [1.29, 1.82) is 0 Å². The van der Waals surface area contributed by atoms with Gasteiger partial charge in [0.15, 0.2) is 23.3 Å². The van der Waals surface area contributed by atoms with Crippen LogP contribution in [-0.4, -0.2) is 51.5 Å². The maximum Gasteiger partial charge on any atom is 0.184 e. The van der Waals surface area contributed by atoms with Gasteiger partial charge in [-0.1, -0.05) is 5.21 Å². The molecule has 0 aliphatic carbocycles. The fourth-order valence-corrected chi connectivity index (χ4v) is 1.68. The van der Waals surface area contributed by atoms with Crippen molar-refractivity contribution in [3.8, 4) is 0 Å². The molecule has 104 valence electrons. The second-order valence-electron chi connectivity index (χ2n) is 4.37. The normalized spacial score (nSPS) is 11.7. The van der Waals surface area contributed by atoms with Crippen LogP contribution in [0, 0.1) is 0 Å². The lowest BCUT2D eigenvalue weighted by molar-refractivity contribution is -0.112. The Labute approximate surface area is 111 Å². The highest BCUT2D eigenvalue weighted by Gasteiger charge is 2.15. The number of aromatic nitrogens is 5. The van der Waals surface area contributed by atoms with Crippen molar-refractivity contribution < 1.29 is 9.47 Å². The van der Waals surface area contributed by atoms with E-state index in [2.05, 4.69) is 25.6 Å². The monoisotopic (exact) mass is 266 g/mol. The fourth-order valence-electron chi connectivity index (χ4n) is 1.68. The van der Waals surface area contributed by atoms with Crippen LogP contribution in [0.3, 0.4) is 0 Å². The van der Waals surface area contributed by atoms with Gasteiger partial charge in [0.25, 0.3) is 0 Å². The Morgan fingerprint density at radius 1 is 1.26 bits per heavy atom. The van der Waals surface area contributed by atoms with Gasteiger partial charge in [0.2, 0.25) is 0 Å². The van der Waals surface area contributed by atoms with E-state index in [1.165, 1.54) is 6.33 Å². The average Bonchev–Trinajstić information content (AvgIpc) is 2.79. The molecule has 0 amide bonds. The first kappa shape index (κ1) is 13.6. The van der Waals surface area contributed by atoms with Gasteiger partial charge in [0, 0.05) is 20.3 Å². The molecule has 0 aromatic carbocycles. The van der Waals surface area contributed by atoms with Crippen LogP contribution in [0.4, 0.5) is 5.82 Å². The number of hydrogen-bond acceptors (Lipinski definition) is 7. The highest BCUT2D eigenvalue weighted by molar-refractivity contribution is 5.81. The first-order valence-electron chi connectivity index (χ1n) is 6.02. The number of anilines is 1. The summed E-state index contributed by atoms with van der Waals surface area (Å²) in [6.07, 6.45) is 1.10. The molecule has 0 spiro atoms. The molecule has 0 fully saturated rings. The van der Waals surface area contributed by atoms with Crippen LogP contribution in [0.2, 0.25) is 0 Å². The van der Waals surface area contributed by atoms with Crippen LogP contribution in [0.1, 0.15) is 13.8 Å². The zero-order valence-electron chi connectivity index (χ0n) is 11.5. The SMILES string of the molecule is COC(Cn1nnc2c(NC(C)C)ncnc21)OC. The van der Waals surface area contributed by atoms with Gasteiger partial charge in [-0.2, -0.15) is 0 Å². The summed E-state index contributed by atoms with van der Waals surface area (Å²) in [5.74, 6) is 0.678. The van der Waals surface area contributed by atoms with Gasteiger partial charge in [0.05, 0.1) is 6.54 Å². The molecule has 2 aromatic heterocycles. The van der Waals surface area contributed by atoms with Crippen molar-refractivity contribution in [2.45, 2.75) is 32.7 Å². The minimum atomic E-state index is -0.388. The van der Waals surface area contributed by atoms with Crippen molar-refractivity contribution in [2.75, 3.05) is 19.5 Å². The first-order valence-corrected chi connectivity index (χ1v) is 6.02. The maximum absolute atomic E-state index is 5.15. The van der Waals surface area contributed by atoms with Gasteiger partial charge in [-0.05, 0) is 13.8 Å². The predicted octanol–water partition coefficient (Wildman–Crippen LogP) is 0.660. The van der Waals surface area contributed by atoms with Crippen LogP contribution >= 0.6 is 0 Å². The number of fused-ring (bicyclic) bond motifs is 1. The first-order chi connectivity index (χ1) is 9.15. The van der Waals surface area contributed by atoms with E-state index < -0.39 is 0 Å². The lowest BCUT2D eigenvalue weighted by Crippen LogP contribution is -2.21. The molecule has 2 heterocycles. The molecule has 19 heavy (non-hydrogen) atoms. The number of methoxy groups -OCH3 is 2. The summed E-state index contributed by atoms with van der Waals surface area (Å²) in [7, 11) is 3.15. The van der Waals surface area contributed by atoms with Crippen LogP contribution in [0.15, 0.2) is 6.33 Å². The Hall–Kier alpha value is -1.80. The molecule has 0 aliphatic rings. The van der Waals surface area contributed by atoms with Gasteiger partial charge in [-0.25, -0.2) is 14.6 Å². The lowest BCUT2D eigenvalue weighted by atomic mass is 10.4. The number of rotatable bonds is 6. The molecule has 0 saturated heterocycles. The van der Waals surface area contributed by atoms with Crippen molar-refractivity contribution in [2.24, 2.45) is 0 Å². The van der Waals surface area contributed by atoms with Crippen molar-refractivity contribution in [3.63, 3.8) is 0 Å². The molecule has 0 aliphatic heterocycles. The Morgan fingerprint density at radius 2 is 2.00 bits per heavy atom. The van der Waals surface area contributed by atoms with Crippen LogP contribution in [-0.2, 0) is 16.0 Å². The molecule has 0 radical (unpaired) electrons. The van der Waals surface area contributed by atoms with E-state index in [1.54, 1.807) is 18.9 Å². The summed E-state index contributed by atoms with van der Waals surface area (Å²) < 4.78 is 11.9. The molecule has 8 nitrogen and oxygen atoms in total. The summed E-state index contributed by atoms with van der Waals surface area (Å²) in [6, 6.07) is 0.258. The van der Waals surface area contributed by atoms with Gasteiger partial charge < -0.3 is 14.8 Å². The lowest BCUT2D eigenvalue weighted by Gasteiger charge is -2.13. The predicted molar refractivity (Wildman–Crippen MR) is 69.7 cm³/mol. The van der Waals surface area contributed by atoms with Gasteiger partial charge >= 0.3 is 0 Å². The van der Waals surface area contributed by atoms with Crippen LogP contribution < -0.4 is 5.32 Å². The minimum Gasteiger partial charge on any atom is -0.366 e. The molecule has 8 heteroatoms. The maximum atomic E-state index is 5.15. The van der Waals surface area contributed by atoms with Crippen molar-refractivity contribution in [3.05, 3.63) is 6.33 Å². The molecule has 0 saturated carbocycles. The Balaban J connectivity index is 2.32. The summed E-state index contributed by atoms with van der Waals surface area (Å²) in [5, 5.41) is 11.4. The molecular formula is C11H18N6O2. The fraction of sp³-hybridized carbons (Fsp3) is 0.636. The van der Waals surface area contributed by atoms with Gasteiger partial charge in [-0.15, -0.1) is 5.10 Å². The van der Waals surface area contributed by atoms with E-state index in [1.807, 2.05) is 13.8 Å². The molecular weight excluding hydrogens is 248 g/mol. The number of nitrogens with zero attached hydrogens (tertiary/aromatic N) is 5. The van der Waals surface area contributed by atoms with Crippen LogP contribution in [0.25, 0.3) is 11.2 Å². The molecule has 0 atom stereocenters. The summed E-state index contributed by atoms with van der Waals surface area (Å²) in [5.41, 5.74) is 1.29.